The third-order valence-corrected chi connectivity index (χ3v) is 3.37. The molecule has 1 amide bonds. The van der Waals surface area contributed by atoms with E-state index in [1.165, 1.54) is 0 Å². The number of nitrogens with zero attached hydrogens (tertiary/aromatic N) is 2. The molecular formula is C16H15N3O5. The van der Waals surface area contributed by atoms with Gasteiger partial charge in [0.2, 0.25) is 0 Å². The van der Waals surface area contributed by atoms with Crippen molar-refractivity contribution in [2.24, 2.45) is 0 Å². The van der Waals surface area contributed by atoms with Crippen LogP contribution in [0.5, 0.6) is 11.5 Å². The second-order valence-corrected chi connectivity index (χ2v) is 5.11. The molecule has 3 rings (SSSR count). The Bertz CT molecular complexity index is 761. The lowest BCUT2D eigenvalue weighted by molar-refractivity contribution is 0.0689. The van der Waals surface area contributed by atoms with Crippen molar-refractivity contribution in [1.29, 1.82) is 0 Å². The summed E-state index contributed by atoms with van der Waals surface area (Å²) in [5.74, 6) is -0.282. The van der Waals surface area contributed by atoms with Crippen LogP contribution in [0.2, 0.25) is 0 Å². The number of carboxylic acid groups (broad SMARTS) is 1. The minimum atomic E-state index is -1.19. The van der Waals surface area contributed by atoms with Gasteiger partial charge >= 0.3 is 5.97 Å². The van der Waals surface area contributed by atoms with Gasteiger partial charge in [0.05, 0.1) is 25.6 Å². The van der Waals surface area contributed by atoms with E-state index in [9.17, 15) is 9.59 Å². The highest BCUT2D eigenvalue weighted by molar-refractivity contribution is 5.92. The van der Waals surface area contributed by atoms with E-state index in [2.05, 4.69) is 15.3 Å². The summed E-state index contributed by atoms with van der Waals surface area (Å²) in [5, 5.41) is 11.5. The first-order valence-electron chi connectivity index (χ1n) is 7.35. The third-order valence-electron chi connectivity index (χ3n) is 3.37. The maximum Gasteiger partial charge on any atom is 0.356 e. The second-order valence-electron chi connectivity index (χ2n) is 5.11. The quantitative estimate of drug-likeness (QED) is 0.869. The van der Waals surface area contributed by atoms with Crippen LogP contribution >= 0.6 is 0 Å². The average Bonchev–Trinajstić information content (AvgIpc) is 2.84. The molecule has 0 spiro atoms. The SMILES string of the molecule is O=C(O)c1cnc(C(=O)NCc2ccc3c(c2)OCCCO3)cn1. The molecule has 2 aromatic rings. The van der Waals surface area contributed by atoms with Gasteiger partial charge in [-0.05, 0) is 17.7 Å². The number of rotatable bonds is 4. The molecular weight excluding hydrogens is 314 g/mol. The normalized spacial score (nSPS) is 13.0. The van der Waals surface area contributed by atoms with Gasteiger partial charge in [-0.25, -0.2) is 14.8 Å². The van der Waals surface area contributed by atoms with Crippen LogP contribution in [0.25, 0.3) is 0 Å². The first kappa shape index (κ1) is 15.7. The number of carbonyl (C=O) groups excluding carboxylic acids is 1. The van der Waals surface area contributed by atoms with Crippen LogP contribution in [-0.4, -0.2) is 40.2 Å². The minimum Gasteiger partial charge on any atom is -0.490 e. The van der Waals surface area contributed by atoms with Crippen LogP contribution < -0.4 is 14.8 Å². The topological polar surface area (TPSA) is 111 Å². The highest BCUT2D eigenvalue weighted by atomic mass is 16.5. The van der Waals surface area contributed by atoms with Gasteiger partial charge in [0, 0.05) is 13.0 Å². The van der Waals surface area contributed by atoms with Crippen LogP contribution in [0.15, 0.2) is 30.6 Å². The van der Waals surface area contributed by atoms with Crippen molar-refractivity contribution >= 4 is 11.9 Å². The predicted octanol–water partition coefficient (Wildman–Crippen LogP) is 1.27. The molecule has 0 atom stereocenters. The molecule has 0 aliphatic carbocycles. The lowest BCUT2D eigenvalue weighted by Gasteiger charge is -2.10. The van der Waals surface area contributed by atoms with E-state index in [0.29, 0.717) is 24.7 Å². The second kappa shape index (κ2) is 6.95. The van der Waals surface area contributed by atoms with Crippen molar-refractivity contribution in [2.75, 3.05) is 13.2 Å². The van der Waals surface area contributed by atoms with Crippen LogP contribution in [0, 0.1) is 0 Å². The summed E-state index contributed by atoms with van der Waals surface area (Å²) >= 11 is 0. The van der Waals surface area contributed by atoms with E-state index in [0.717, 1.165) is 24.4 Å². The molecule has 1 aromatic carbocycles. The Morgan fingerprint density at radius 3 is 2.50 bits per heavy atom. The Kier molecular flexibility index (Phi) is 4.55. The Balaban J connectivity index is 1.63. The highest BCUT2D eigenvalue weighted by Gasteiger charge is 2.13. The Labute approximate surface area is 137 Å². The molecule has 8 nitrogen and oxygen atoms in total. The minimum absolute atomic E-state index is 0.0503. The summed E-state index contributed by atoms with van der Waals surface area (Å²) in [5.41, 5.74) is 0.687. The number of carbonyl (C=O) groups is 2. The van der Waals surface area contributed by atoms with Gasteiger partial charge in [-0.1, -0.05) is 6.07 Å². The van der Waals surface area contributed by atoms with Crippen molar-refractivity contribution in [3.8, 4) is 11.5 Å². The van der Waals surface area contributed by atoms with Crippen LogP contribution in [0.4, 0.5) is 0 Å². The van der Waals surface area contributed by atoms with E-state index in [1.807, 2.05) is 18.2 Å². The van der Waals surface area contributed by atoms with Crippen LogP contribution in [0.3, 0.4) is 0 Å². The summed E-state index contributed by atoms with van der Waals surface area (Å²) in [4.78, 5) is 30.2. The zero-order valence-electron chi connectivity index (χ0n) is 12.7. The number of aromatic carboxylic acids is 1. The largest absolute Gasteiger partial charge is 0.490 e. The van der Waals surface area contributed by atoms with Gasteiger partial charge in [0.25, 0.3) is 5.91 Å². The summed E-state index contributed by atoms with van der Waals surface area (Å²) in [7, 11) is 0. The molecule has 2 heterocycles. The molecule has 0 bridgehead atoms. The van der Waals surface area contributed by atoms with Gasteiger partial charge in [-0.3, -0.25) is 4.79 Å². The number of carboxylic acids is 1. The van der Waals surface area contributed by atoms with Gasteiger partial charge in [0.15, 0.2) is 17.2 Å². The first-order chi connectivity index (χ1) is 11.6. The van der Waals surface area contributed by atoms with Gasteiger partial charge < -0.3 is 19.9 Å². The number of fused-ring (bicyclic) bond motifs is 1. The first-order valence-corrected chi connectivity index (χ1v) is 7.35. The lowest BCUT2D eigenvalue weighted by atomic mass is 10.2. The maximum atomic E-state index is 12.0. The van der Waals surface area contributed by atoms with Crippen LogP contribution in [0.1, 0.15) is 33.0 Å². The molecule has 2 N–H and O–H groups in total. The van der Waals surface area contributed by atoms with E-state index in [-0.39, 0.29) is 17.9 Å². The van der Waals surface area contributed by atoms with E-state index < -0.39 is 11.9 Å². The average molecular weight is 329 g/mol. The molecule has 0 unspecified atom stereocenters. The summed E-state index contributed by atoms with van der Waals surface area (Å²) in [6.45, 7) is 1.49. The molecule has 1 aliphatic heterocycles. The summed E-state index contributed by atoms with van der Waals surface area (Å²) in [6, 6.07) is 5.47. The highest BCUT2D eigenvalue weighted by Crippen LogP contribution is 2.30. The molecule has 0 radical (unpaired) electrons. The van der Waals surface area contributed by atoms with Crippen molar-refractivity contribution < 1.29 is 24.2 Å². The Morgan fingerprint density at radius 1 is 1.08 bits per heavy atom. The standard InChI is InChI=1S/C16H15N3O5/c20-15(11-8-18-12(9-17-11)16(21)22)19-7-10-2-3-13-14(6-10)24-5-1-4-23-13/h2-3,6,8-9H,1,4-5,7H2,(H,19,20)(H,21,22). The number of ether oxygens (including phenoxy) is 2. The molecule has 1 aliphatic rings. The van der Waals surface area contributed by atoms with Crippen molar-refractivity contribution in [3.63, 3.8) is 0 Å². The molecule has 8 heteroatoms. The van der Waals surface area contributed by atoms with Crippen molar-refractivity contribution in [3.05, 3.63) is 47.5 Å². The molecule has 24 heavy (non-hydrogen) atoms. The lowest BCUT2D eigenvalue weighted by Crippen LogP contribution is -2.24. The number of hydrogen-bond donors (Lipinski definition) is 2. The fourth-order valence-electron chi connectivity index (χ4n) is 2.15. The number of aromatic nitrogens is 2. The van der Waals surface area contributed by atoms with Gasteiger partial charge in [0.1, 0.15) is 5.69 Å². The summed E-state index contributed by atoms with van der Waals surface area (Å²) in [6.07, 6.45) is 3.00. The van der Waals surface area contributed by atoms with E-state index in [4.69, 9.17) is 14.6 Å². The Morgan fingerprint density at radius 2 is 1.79 bits per heavy atom. The van der Waals surface area contributed by atoms with Crippen molar-refractivity contribution in [1.82, 2.24) is 15.3 Å². The van der Waals surface area contributed by atoms with Crippen molar-refractivity contribution in [2.45, 2.75) is 13.0 Å². The molecule has 124 valence electrons. The van der Waals surface area contributed by atoms with E-state index in [1.54, 1.807) is 0 Å². The summed E-state index contributed by atoms with van der Waals surface area (Å²) < 4.78 is 11.2. The van der Waals surface area contributed by atoms with Gasteiger partial charge in [-0.2, -0.15) is 0 Å². The van der Waals surface area contributed by atoms with Gasteiger partial charge in [-0.15, -0.1) is 0 Å². The maximum absolute atomic E-state index is 12.0. The number of nitrogens with one attached hydrogen (secondary N) is 1. The molecule has 0 fully saturated rings. The molecule has 0 saturated heterocycles. The Hall–Kier alpha value is -3.16. The fourth-order valence-corrected chi connectivity index (χ4v) is 2.15. The zero-order valence-corrected chi connectivity index (χ0v) is 12.7. The number of hydrogen-bond acceptors (Lipinski definition) is 6. The molecule has 0 saturated carbocycles. The monoisotopic (exact) mass is 329 g/mol. The third kappa shape index (κ3) is 3.60. The van der Waals surface area contributed by atoms with Crippen LogP contribution in [-0.2, 0) is 6.54 Å². The van der Waals surface area contributed by atoms with E-state index >= 15 is 0 Å². The predicted molar refractivity (Wildman–Crippen MR) is 82.2 cm³/mol. The smallest absolute Gasteiger partial charge is 0.356 e. The number of amides is 1. The molecule has 1 aromatic heterocycles. The fraction of sp³-hybridized carbons (Fsp3) is 0.250. The zero-order chi connectivity index (χ0) is 16.9. The number of benzene rings is 1.